The SMILES string of the molecule is c1csc(-c2noc(CN3CCC(c4c[nH]c5ccccc45)CC3)n2)c1. The first-order chi connectivity index (χ1) is 12.9. The van der Waals surface area contributed by atoms with Gasteiger partial charge in [0, 0.05) is 17.1 Å². The second-order valence-electron chi connectivity index (χ2n) is 6.83. The highest BCUT2D eigenvalue weighted by atomic mass is 32.1. The molecular formula is C20H20N4OS. The van der Waals surface area contributed by atoms with Crippen LogP contribution in [0.2, 0.25) is 0 Å². The number of hydrogen-bond acceptors (Lipinski definition) is 5. The standard InChI is InChI=1S/C20H20N4OS/c1-2-5-17-15(4-1)16(12-21-17)14-7-9-24(10-8-14)13-19-22-20(23-25-19)18-6-3-11-26-18/h1-6,11-12,14,21H,7-10,13H2. The Labute approximate surface area is 155 Å². The molecule has 0 atom stereocenters. The molecular weight excluding hydrogens is 344 g/mol. The number of hydrogen-bond donors (Lipinski definition) is 1. The van der Waals surface area contributed by atoms with Crippen molar-refractivity contribution in [1.29, 1.82) is 0 Å². The van der Waals surface area contributed by atoms with Crippen LogP contribution < -0.4 is 0 Å². The topological polar surface area (TPSA) is 58.0 Å². The summed E-state index contributed by atoms with van der Waals surface area (Å²) in [6, 6.07) is 12.6. The number of benzene rings is 1. The Kier molecular flexibility index (Phi) is 4.07. The van der Waals surface area contributed by atoms with E-state index in [1.165, 1.54) is 16.5 Å². The Hall–Kier alpha value is -2.44. The van der Waals surface area contributed by atoms with Crippen LogP contribution in [0.5, 0.6) is 0 Å². The van der Waals surface area contributed by atoms with Gasteiger partial charge in [-0.2, -0.15) is 4.98 Å². The monoisotopic (exact) mass is 364 g/mol. The minimum Gasteiger partial charge on any atom is -0.361 e. The van der Waals surface area contributed by atoms with Crippen molar-refractivity contribution in [2.75, 3.05) is 13.1 Å². The Morgan fingerprint density at radius 1 is 1.15 bits per heavy atom. The van der Waals surface area contributed by atoms with Crippen LogP contribution in [0.25, 0.3) is 21.6 Å². The lowest BCUT2D eigenvalue weighted by atomic mass is 9.89. The number of nitrogens with one attached hydrogen (secondary N) is 1. The lowest BCUT2D eigenvalue weighted by Crippen LogP contribution is -2.32. The molecule has 4 aromatic rings. The summed E-state index contributed by atoms with van der Waals surface area (Å²) in [4.78, 5) is 11.4. The molecule has 0 radical (unpaired) electrons. The number of H-pyrrole nitrogens is 1. The second-order valence-corrected chi connectivity index (χ2v) is 7.78. The minimum absolute atomic E-state index is 0.617. The largest absolute Gasteiger partial charge is 0.361 e. The second kappa shape index (κ2) is 6.70. The summed E-state index contributed by atoms with van der Waals surface area (Å²) in [6.45, 7) is 2.85. The van der Waals surface area contributed by atoms with Gasteiger partial charge < -0.3 is 9.51 Å². The van der Waals surface area contributed by atoms with E-state index in [4.69, 9.17) is 4.52 Å². The molecule has 0 bridgehead atoms. The first kappa shape index (κ1) is 15.8. The average Bonchev–Trinajstić information content (AvgIpc) is 3.43. The van der Waals surface area contributed by atoms with Crippen LogP contribution in [0, 0.1) is 0 Å². The molecule has 1 fully saturated rings. The van der Waals surface area contributed by atoms with Crippen molar-refractivity contribution in [2.45, 2.75) is 25.3 Å². The summed E-state index contributed by atoms with van der Waals surface area (Å²) in [5.74, 6) is 2.02. The number of para-hydroxylation sites is 1. The van der Waals surface area contributed by atoms with E-state index in [1.54, 1.807) is 11.3 Å². The molecule has 4 heterocycles. The van der Waals surface area contributed by atoms with Crippen molar-refractivity contribution in [3.63, 3.8) is 0 Å². The smallest absolute Gasteiger partial charge is 0.241 e. The van der Waals surface area contributed by atoms with E-state index in [0.717, 1.165) is 37.4 Å². The van der Waals surface area contributed by atoms with Gasteiger partial charge in [-0.05, 0) is 54.9 Å². The molecule has 6 heteroatoms. The number of piperidine rings is 1. The zero-order valence-electron chi connectivity index (χ0n) is 14.4. The third-order valence-electron chi connectivity index (χ3n) is 5.22. The van der Waals surface area contributed by atoms with Gasteiger partial charge in [0.2, 0.25) is 11.7 Å². The van der Waals surface area contributed by atoms with Crippen LogP contribution >= 0.6 is 11.3 Å². The molecule has 26 heavy (non-hydrogen) atoms. The molecule has 5 nitrogen and oxygen atoms in total. The van der Waals surface area contributed by atoms with Crippen LogP contribution in [0.15, 0.2) is 52.5 Å². The number of aromatic nitrogens is 3. The predicted octanol–water partition coefficient (Wildman–Crippen LogP) is 4.66. The Morgan fingerprint density at radius 3 is 2.88 bits per heavy atom. The van der Waals surface area contributed by atoms with Crippen LogP contribution in [-0.2, 0) is 6.54 Å². The van der Waals surface area contributed by atoms with Crippen molar-refractivity contribution in [3.8, 4) is 10.7 Å². The highest BCUT2D eigenvalue weighted by Crippen LogP contribution is 2.33. The molecule has 5 rings (SSSR count). The van der Waals surface area contributed by atoms with E-state index in [-0.39, 0.29) is 0 Å². The maximum Gasteiger partial charge on any atom is 0.241 e. The quantitative estimate of drug-likeness (QED) is 0.572. The summed E-state index contributed by atoms with van der Waals surface area (Å²) < 4.78 is 5.45. The van der Waals surface area contributed by atoms with E-state index >= 15 is 0 Å². The maximum absolute atomic E-state index is 5.45. The summed E-state index contributed by atoms with van der Waals surface area (Å²) >= 11 is 1.63. The number of likely N-dealkylation sites (tertiary alicyclic amines) is 1. The molecule has 0 saturated carbocycles. The number of nitrogens with zero attached hydrogens (tertiary/aromatic N) is 3. The number of thiophene rings is 1. The normalized spacial score (nSPS) is 16.5. The highest BCUT2D eigenvalue weighted by Gasteiger charge is 2.24. The fourth-order valence-electron chi connectivity index (χ4n) is 3.85. The molecule has 1 aliphatic heterocycles. The van der Waals surface area contributed by atoms with Gasteiger partial charge in [-0.1, -0.05) is 29.4 Å². The summed E-state index contributed by atoms with van der Waals surface area (Å²) in [5.41, 5.74) is 2.69. The summed E-state index contributed by atoms with van der Waals surface area (Å²) in [7, 11) is 0. The highest BCUT2D eigenvalue weighted by molar-refractivity contribution is 7.13. The zero-order valence-corrected chi connectivity index (χ0v) is 15.2. The zero-order chi connectivity index (χ0) is 17.3. The third-order valence-corrected chi connectivity index (χ3v) is 6.08. The number of rotatable bonds is 4. The van der Waals surface area contributed by atoms with Gasteiger partial charge in [-0.25, -0.2) is 0 Å². The Bertz CT molecular complexity index is 996. The molecule has 0 aliphatic carbocycles. The number of fused-ring (bicyclic) bond motifs is 1. The molecule has 1 aliphatic rings. The van der Waals surface area contributed by atoms with E-state index in [1.807, 2.05) is 17.5 Å². The van der Waals surface area contributed by atoms with Gasteiger partial charge >= 0.3 is 0 Å². The molecule has 1 N–H and O–H groups in total. The van der Waals surface area contributed by atoms with Gasteiger partial charge in [0.15, 0.2) is 0 Å². The van der Waals surface area contributed by atoms with Crippen molar-refractivity contribution >= 4 is 22.2 Å². The summed E-state index contributed by atoms with van der Waals surface area (Å²) in [5, 5.41) is 7.50. The van der Waals surface area contributed by atoms with Crippen LogP contribution in [-0.4, -0.2) is 33.1 Å². The van der Waals surface area contributed by atoms with E-state index in [2.05, 4.69) is 50.5 Å². The third kappa shape index (κ3) is 2.95. The van der Waals surface area contributed by atoms with Gasteiger partial charge in [0.1, 0.15) is 0 Å². The van der Waals surface area contributed by atoms with Gasteiger partial charge in [-0.15, -0.1) is 11.3 Å². The molecule has 1 aromatic carbocycles. The minimum atomic E-state index is 0.617. The summed E-state index contributed by atoms with van der Waals surface area (Å²) in [6.07, 6.45) is 4.51. The molecule has 0 spiro atoms. The molecule has 3 aromatic heterocycles. The Morgan fingerprint density at radius 2 is 2.04 bits per heavy atom. The maximum atomic E-state index is 5.45. The van der Waals surface area contributed by atoms with E-state index < -0.39 is 0 Å². The van der Waals surface area contributed by atoms with Gasteiger partial charge in [0.05, 0.1) is 11.4 Å². The van der Waals surface area contributed by atoms with Crippen LogP contribution in [0.3, 0.4) is 0 Å². The van der Waals surface area contributed by atoms with Crippen molar-refractivity contribution in [2.24, 2.45) is 0 Å². The van der Waals surface area contributed by atoms with Gasteiger partial charge in [-0.3, -0.25) is 4.90 Å². The molecule has 132 valence electrons. The Balaban J connectivity index is 1.23. The average molecular weight is 364 g/mol. The van der Waals surface area contributed by atoms with Crippen molar-refractivity contribution < 1.29 is 4.52 Å². The van der Waals surface area contributed by atoms with Crippen LogP contribution in [0.4, 0.5) is 0 Å². The lowest BCUT2D eigenvalue weighted by molar-refractivity contribution is 0.181. The molecule has 1 saturated heterocycles. The first-order valence-electron chi connectivity index (χ1n) is 9.01. The number of aromatic amines is 1. The first-order valence-corrected chi connectivity index (χ1v) is 9.89. The van der Waals surface area contributed by atoms with Gasteiger partial charge in [0.25, 0.3) is 0 Å². The van der Waals surface area contributed by atoms with Crippen LogP contribution in [0.1, 0.15) is 30.2 Å². The van der Waals surface area contributed by atoms with Crippen molar-refractivity contribution in [1.82, 2.24) is 20.0 Å². The molecule has 0 amide bonds. The van der Waals surface area contributed by atoms with E-state index in [0.29, 0.717) is 17.6 Å². The fourth-order valence-corrected chi connectivity index (χ4v) is 4.50. The fraction of sp³-hybridized carbons (Fsp3) is 0.300. The molecule has 0 unspecified atom stereocenters. The van der Waals surface area contributed by atoms with E-state index in [9.17, 15) is 0 Å². The predicted molar refractivity (Wildman–Crippen MR) is 103 cm³/mol. The lowest BCUT2D eigenvalue weighted by Gasteiger charge is -2.30. The van der Waals surface area contributed by atoms with Crippen molar-refractivity contribution in [3.05, 3.63) is 59.4 Å².